The van der Waals surface area contributed by atoms with Crippen molar-refractivity contribution in [2.75, 3.05) is 5.43 Å². The van der Waals surface area contributed by atoms with Crippen molar-refractivity contribution in [3.05, 3.63) is 81.7 Å². The molecule has 33 heavy (non-hydrogen) atoms. The SMILES string of the molecule is Cc1ccc(-c2csc3ncn(CCC(=O)NNc4cccc(C(F)(F)F)c4)c(=O)c23)cc1. The minimum atomic E-state index is -4.48. The molecule has 0 atom stereocenters. The van der Waals surface area contributed by atoms with Gasteiger partial charge in [0.05, 0.1) is 23.0 Å². The number of alkyl halides is 3. The molecule has 0 spiro atoms. The van der Waals surface area contributed by atoms with Crippen molar-refractivity contribution >= 4 is 33.1 Å². The van der Waals surface area contributed by atoms with Crippen LogP contribution < -0.4 is 16.4 Å². The first-order chi connectivity index (χ1) is 15.7. The Hall–Kier alpha value is -3.66. The van der Waals surface area contributed by atoms with Gasteiger partial charge in [0, 0.05) is 23.9 Å². The summed E-state index contributed by atoms with van der Waals surface area (Å²) in [4.78, 5) is 30.2. The first-order valence-corrected chi connectivity index (χ1v) is 10.9. The van der Waals surface area contributed by atoms with Crippen molar-refractivity contribution in [3.8, 4) is 11.1 Å². The maximum atomic E-state index is 13.0. The van der Waals surface area contributed by atoms with E-state index in [1.54, 1.807) is 0 Å². The maximum absolute atomic E-state index is 13.0. The van der Waals surface area contributed by atoms with E-state index in [4.69, 9.17) is 0 Å². The zero-order valence-electron chi connectivity index (χ0n) is 17.4. The second-order valence-corrected chi connectivity index (χ2v) is 8.30. The Bertz CT molecular complexity index is 1360. The summed E-state index contributed by atoms with van der Waals surface area (Å²) in [5.41, 5.74) is 6.64. The molecular formula is C23H19F3N4O2S. The van der Waals surface area contributed by atoms with Gasteiger partial charge in [0.1, 0.15) is 4.83 Å². The fraction of sp³-hybridized carbons (Fsp3) is 0.174. The number of amides is 1. The number of carbonyl (C=O) groups excluding carboxylic acids is 1. The van der Waals surface area contributed by atoms with Crippen LogP contribution >= 0.6 is 11.3 Å². The molecule has 0 radical (unpaired) electrons. The Morgan fingerprint density at radius 1 is 1.15 bits per heavy atom. The molecule has 0 bridgehead atoms. The van der Waals surface area contributed by atoms with E-state index in [2.05, 4.69) is 15.8 Å². The highest BCUT2D eigenvalue weighted by atomic mass is 32.1. The number of hydrogen-bond donors (Lipinski definition) is 2. The van der Waals surface area contributed by atoms with Gasteiger partial charge >= 0.3 is 6.18 Å². The first-order valence-electron chi connectivity index (χ1n) is 9.98. The summed E-state index contributed by atoms with van der Waals surface area (Å²) in [5, 5.41) is 2.38. The third kappa shape index (κ3) is 5.06. The second kappa shape index (κ2) is 9.07. The van der Waals surface area contributed by atoms with Crippen molar-refractivity contribution in [1.29, 1.82) is 0 Å². The molecule has 2 N–H and O–H groups in total. The summed E-state index contributed by atoms with van der Waals surface area (Å²) in [7, 11) is 0. The maximum Gasteiger partial charge on any atom is 0.416 e. The van der Waals surface area contributed by atoms with E-state index >= 15 is 0 Å². The second-order valence-electron chi connectivity index (χ2n) is 7.44. The number of thiophene rings is 1. The number of rotatable bonds is 6. The molecule has 0 saturated carbocycles. The predicted octanol–water partition coefficient (Wildman–Crippen LogP) is 4.99. The molecule has 1 amide bonds. The van der Waals surface area contributed by atoms with E-state index in [1.807, 2.05) is 36.6 Å². The van der Waals surface area contributed by atoms with Crippen LogP contribution in [0.2, 0.25) is 0 Å². The van der Waals surface area contributed by atoms with Crippen LogP contribution in [0.3, 0.4) is 0 Å². The topological polar surface area (TPSA) is 76.0 Å². The van der Waals surface area contributed by atoms with Crippen LogP contribution in [0.5, 0.6) is 0 Å². The molecule has 170 valence electrons. The molecule has 4 rings (SSSR count). The molecule has 2 aromatic heterocycles. The van der Waals surface area contributed by atoms with Crippen LogP contribution in [-0.4, -0.2) is 15.5 Å². The summed E-state index contributed by atoms with van der Waals surface area (Å²) in [6.45, 7) is 2.05. The molecule has 0 aliphatic heterocycles. The number of nitrogens with one attached hydrogen (secondary N) is 2. The number of aromatic nitrogens is 2. The fourth-order valence-corrected chi connectivity index (χ4v) is 4.18. The fourth-order valence-electron chi connectivity index (χ4n) is 3.27. The van der Waals surface area contributed by atoms with E-state index < -0.39 is 17.6 Å². The smallest absolute Gasteiger partial charge is 0.299 e. The van der Waals surface area contributed by atoms with Crippen LogP contribution in [0.25, 0.3) is 21.3 Å². The van der Waals surface area contributed by atoms with E-state index in [9.17, 15) is 22.8 Å². The summed E-state index contributed by atoms with van der Waals surface area (Å²) in [5.74, 6) is -0.483. The standard InChI is InChI=1S/C23H19F3N4O2S/c1-14-5-7-15(8-6-14)18-12-33-21-20(18)22(32)30(13-27-21)10-9-19(31)29-28-17-4-2-3-16(11-17)23(24,25)26/h2-8,11-13,28H,9-10H2,1H3,(H,29,31). The number of aryl methyl sites for hydroxylation is 2. The lowest BCUT2D eigenvalue weighted by Gasteiger charge is -2.12. The largest absolute Gasteiger partial charge is 0.416 e. The monoisotopic (exact) mass is 472 g/mol. The average Bonchev–Trinajstić information content (AvgIpc) is 3.22. The Labute approximate surface area is 190 Å². The van der Waals surface area contributed by atoms with Crippen LogP contribution in [0.1, 0.15) is 17.5 Å². The number of anilines is 1. The van der Waals surface area contributed by atoms with Gasteiger partial charge in [0.15, 0.2) is 0 Å². The quantitative estimate of drug-likeness (QED) is 0.388. The van der Waals surface area contributed by atoms with Crippen molar-refractivity contribution < 1.29 is 18.0 Å². The molecule has 0 unspecified atom stereocenters. The van der Waals surface area contributed by atoms with Gasteiger partial charge in [-0.25, -0.2) is 4.98 Å². The summed E-state index contributed by atoms with van der Waals surface area (Å²) in [6, 6.07) is 12.3. The Balaban J connectivity index is 1.45. The number of hydrogen-bond acceptors (Lipinski definition) is 5. The average molecular weight is 472 g/mol. The molecule has 10 heteroatoms. The highest BCUT2D eigenvalue weighted by molar-refractivity contribution is 7.17. The van der Waals surface area contributed by atoms with E-state index in [-0.39, 0.29) is 24.2 Å². The lowest BCUT2D eigenvalue weighted by molar-refractivity contribution is -0.137. The van der Waals surface area contributed by atoms with Gasteiger partial charge < -0.3 is 0 Å². The van der Waals surface area contributed by atoms with Gasteiger partial charge in [-0.3, -0.25) is 25.0 Å². The number of benzene rings is 2. The number of hydrazine groups is 1. The molecule has 0 aliphatic carbocycles. The minimum absolute atomic E-state index is 0.0664. The van der Waals surface area contributed by atoms with Crippen molar-refractivity contribution in [2.24, 2.45) is 0 Å². The summed E-state index contributed by atoms with van der Waals surface area (Å²) in [6.07, 6.45) is -3.15. The highest BCUT2D eigenvalue weighted by Gasteiger charge is 2.30. The lowest BCUT2D eigenvalue weighted by Crippen LogP contribution is -2.31. The number of halogens is 3. The molecule has 0 saturated heterocycles. The van der Waals surface area contributed by atoms with Gasteiger partial charge in [0.25, 0.3) is 5.56 Å². The Morgan fingerprint density at radius 3 is 2.64 bits per heavy atom. The third-order valence-electron chi connectivity index (χ3n) is 5.04. The predicted molar refractivity (Wildman–Crippen MR) is 122 cm³/mol. The van der Waals surface area contributed by atoms with E-state index in [1.165, 1.54) is 34.4 Å². The molecule has 6 nitrogen and oxygen atoms in total. The summed E-state index contributed by atoms with van der Waals surface area (Å²) >= 11 is 1.37. The molecule has 0 aliphatic rings. The number of fused-ring (bicyclic) bond motifs is 1. The Kier molecular flexibility index (Phi) is 6.19. The van der Waals surface area contributed by atoms with Gasteiger partial charge in [-0.1, -0.05) is 35.9 Å². The summed E-state index contributed by atoms with van der Waals surface area (Å²) < 4.78 is 39.8. The number of carbonyl (C=O) groups is 1. The van der Waals surface area contributed by atoms with E-state index in [0.29, 0.717) is 10.2 Å². The van der Waals surface area contributed by atoms with Crippen molar-refractivity contribution in [1.82, 2.24) is 15.0 Å². The normalized spacial score (nSPS) is 11.5. The van der Waals surface area contributed by atoms with Gasteiger partial charge in [0.2, 0.25) is 5.91 Å². The van der Waals surface area contributed by atoms with Gasteiger partial charge in [-0.05, 0) is 30.7 Å². The molecule has 4 aromatic rings. The van der Waals surface area contributed by atoms with Crippen molar-refractivity contribution in [2.45, 2.75) is 26.1 Å². The zero-order valence-corrected chi connectivity index (χ0v) is 18.3. The molecular weight excluding hydrogens is 453 g/mol. The first kappa shape index (κ1) is 22.5. The van der Waals surface area contributed by atoms with Crippen LogP contribution in [-0.2, 0) is 17.5 Å². The van der Waals surface area contributed by atoms with Crippen LogP contribution in [0.15, 0.2) is 65.0 Å². The highest BCUT2D eigenvalue weighted by Crippen LogP contribution is 2.31. The van der Waals surface area contributed by atoms with Gasteiger partial charge in [-0.15, -0.1) is 11.3 Å². The van der Waals surface area contributed by atoms with Crippen LogP contribution in [0, 0.1) is 6.92 Å². The van der Waals surface area contributed by atoms with Crippen LogP contribution in [0.4, 0.5) is 18.9 Å². The molecule has 2 aromatic carbocycles. The van der Waals surface area contributed by atoms with Gasteiger partial charge in [-0.2, -0.15) is 13.2 Å². The Morgan fingerprint density at radius 2 is 1.91 bits per heavy atom. The third-order valence-corrected chi connectivity index (χ3v) is 5.93. The lowest BCUT2D eigenvalue weighted by atomic mass is 10.1. The van der Waals surface area contributed by atoms with E-state index in [0.717, 1.165) is 28.8 Å². The zero-order chi connectivity index (χ0) is 23.6. The molecule has 2 heterocycles. The minimum Gasteiger partial charge on any atom is -0.299 e. The molecule has 0 fully saturated rings. The van der Waals surface area contributed by atoms with Crippen molar-refractivity contribution in [3.63, 3.8) is 0 Å². The number of nitrogens with zero attached hydrogens (tertiary/aromatic N) is 2.